The van der Waals surface area contributed by atoms with Gasteiger partial charge < -0.3 is 10.1 Å². The van der Waals surface area contributed by atoms with E-state index in [0.29, 0.717) is 12.1 Å². The first-order chi connectivity index (χ1) is 7.74. The van der Waals surface area contributed by atoms with E-state index in [1.807, 2.05) is 0 Å². The van der Waals surface area contributed by atoms with E-state index < -0.39 is 0 Å². The fourth-order valence-electron chi connectivity index (χ4n) is 2.20. The van der Waals surface area contributed by atoms with Crippen LogP contribution in [0, 0.1) is 6.92 Å². The third-order valence-corrected chi connectivity index (χ3v) is 3.11. The van der Waals surface area contributed by atoms with Gasteiger partial charge in [0.25, 0.3) is 0 Å². The number of hydrogen-bond acceptors (Lipinski definition) is 2. The van der Waals surface area contributed by atoms with Crippen LogP contribution in [0.3, 0.4) is 0 Å². The summed E-state index contributed by atoms with van der Waals surface area (Å²) in [5.41, 5.74) is 2.73. The first kappa shape index (κ1) is 11.6. The van der Waals surface area contributed by atoms with E-state index >= 15 is 0 Å². The zero-order chi connectivity index (χ0) is 11.4. The molecule has 2 heteroatoms. The molecule has 2 nitrogen and oxygen atoms in total. The van der Waals surface area contributed by atoms with E-state index in [2.05, 4.69) is 43.4 Å². The van der Waals surface area contributed by atoms with Crippen molar-refractivity contribution in [1.82, 2.24) is 5.32 Å². The van der Waals surface area contributed by atoms with Gasteiger partial charge in [-0.1, -0.05) is 29.8 Å². The minimum Gasteiger partial charge on any atom is -0.380 e. The van der Waals surface area contributed by atoms with Crippen LogP contribution in [0.15, 0.2) is 24.3 Å². The summed E-state index contributed by atoms with van der Waals surface area (Å²) in [5.74, 6) is 0. The largest absolute Gasteiger partial charge is 0.380 e. The van der Waals surface area contributed by atoms with Gasteiger partial charge in [0.1, 0.15) is 0 Å². The van der Waals surface area contributed by atoms with Crippen molar-refractivity contribution < 1.29 is 4.74 Å². The van der Waals surface area contributed by atoms with Gasteiger partial charge in [0.2, 0.25) is 0 Å². The lowest BCUT2D eigenvalue weighted by atomic mass is 10.0. The van der Waals surface area contributed by atoms with E-state index in [1.165, 1.54) is 11.1 Å². The molecule has 0 spiro atoms. The van der Waals surface area contributed by atoms with Gasteiger partial charge in [-0.3, -0.25) is 0 Å². The molecule has 1 saturated heterocycles. The molecule has 0 aromatic heterocycles. The SMILES string of the molecule is Cc1ccc(CC(C)NC2CCOC2)cc1. The van der Waals surface area contributed by atoms with Gasteiger partial charge in [-0.05, 0) is 32.3 Å². The molecule has 0 saturated carbocycles. The third-order valence-electron chi connectivity index (χ3n) is 3.11. The van der Waals surface area contributed by atoms with Crippen LogP contribution in [0.5, 0.6) is 0 Å². The lowest BCUT2D eigenvalue weighted by molar-refractivity contribution is 0.188. The highest BCUT2D eigenvalue weighted by atomic mass is 16.5. The Balaban J connectivity index is 1.81. The van der Waals surface area contributed by atoms with E-state index in [0.717, 1.165) is 26.1 Å². The summed E-state index contributed by atoms with van der Waals surface area (Å²) in [4.78, 5) is 0. The van der Waals surface area contributed by atoms with Crippen LogP contribution in [0.1, 0.15) is 24.5 Å². The van der Waals surface area contributed by atoms with Crippen molar-refractivity contribution in [3.8, 4) is 0 Å². The molecule has 1 aromatic carbocycles. The van der Waals surface area contributed by atoms with E-state index in [1.54, 1.807) is 0 Å². The summed E-state index contributed by atoms with van der Waals surface area (Å²) in [6.45, 7) is 6.16. The van der Waals surface area contributed by atoms with Crippen molar-refractivity contribution in [2.45, 2.75) is 38.8 Å². The number of aryl methyl sites for hydroxylation is 1. The molecule has 0 radical (unpaired) electrons. The molecule has 0 aliphatic carbocycles. The highest BCUT2D eigenvalue weighted by molar-refractivity contribution is 5.21. The van der Waals surface area contributed by atoms with Crippen LogP contribution >= 0.6 is 0 Å². The Kier molecular flexibility index (Phi) is 3.97. The number of benzene rings is 1. The average Bonchev–Trinajstić information content (AvgIpc) is 2.74. The molecule has 1 aliphatic heterocycles. The molecule has 88 valence electrons. The Hall–Kier alpha value is -0.860. The van der Waals surface area contributed by atoms with Gasteiger partial charge in [0.15, 0.2) is 0 Å². The second-order valence-electron chi connectivity index (χ2n) is 4.82. The van der Waals surface area contributed by atoms with Gasteiger partial charge in [-0.25, -0.2) is 0 Å². The molecule has 2 rings (SSSR count). The summed E-state index contributed by atoms with van der Waals surface area (Å²) < 4.78 is 5.36. The summed E-state index contributed by atoms with van der Waals surface area (Å²) >= 11 is 0. The third kappa shape index (κ3) is 3.32. The summed E-state index contributed by atoms with van der Waals surface area (Å²) in [5, 5.41) is 3.62. The van der Waals surface area contributed by atoms with E-state index in [4.69, 9.17) is 4.74 Å². The smallest absolute Gasteiger partial charge is 0.0620 e. The molecule has 1 aromatic rings. The monoisotopic (exact) mass is 219 g/mol. The first-order valence-electron chi connectivity index (χ1n) is 6.13. The highest BCUT2D eigenvalue weighted by Gasteiger charge is 2.17. The highest BCUT2D eigenvalue weighted by Crippen LogP contribution is 2.09. The molecular formula is C14H21NO. The van der Waals surface area contributed by atoms with Gasteiger partial charge in [0, 0.05) is 18.7 Å². The lowest BCUT2D eigenvalue weighted by Gasteiger charge is -2.18. The fourth-order valence-corrected chi connectivity index (χ4v) is 2.20. The minimum absolute atomic E-state index is 0.523. The number of nitrogens with one attached hydrogen (secondary N) is 1. The van der Waals surface area contributed by atoms with Gasteiger partial charge in [-0.2, -0.15) is 0 Å². The molecule has 2 unspecified atom stereocenters. The molecule has 0 bridgehead atoms. The van der Waals surface area contributed by atoms with Crippen LogP contribution in [0.4, 0.5) is 0 Å². The summed E-state index contributed by atoms with van der Waals surface area (Å²) in [6, 6.07) is 9.88. The minimum atomic E-state index is 0.523. The van der Waals surface area contributed by atoms with Crippen molar-refractivity contribution in [3.63, 3.8) is 0 Å². The van der Waals surface area contributed by atoms with Crippen LogP contribution < -0.4 is 5.32 Å². The lowest BCUT2D eigenvalue weighted by Crippen LogP contribution is -2.38. The predicted molar refractivity (Wildman–Crippen MR) is 66.7 cm³/mol. The van der Waals surface area contributed by atoms with Crippen molar-refractivity contribution in [3.05, 3.63) is 35.4 Å². The summed E-state index contributed by atoms with van der Waals surface area (Å²) in [6.07, 6.45) is 2.25. The topological polar surface area (TPSA) is 21.3 Å². The Morgan fingerprint density at radius 1 is 1.38 bits per heavy atom. The van der Waals surface area contributed by atoms with Gasteiger partial charge >= 0.3 is 0 Å². The molecule has 16 heavy (non-hydrogen) atoms. The average molecular weight is 219 g/mol. The Bertz CT molecular complexity index is 314. The van der Waals surface area contributed by atoms with Crippen molar-refractivity contribution >= 4 is 0 Å². The summed E-state index contributed by atoms with van der Waals surface area (Å²) in [7, 11) is 0. The fraction of sp³-hybridized carbons (Fsp3) is 0.571. The maximum Gasteiger partial charge on any atom is 0.0620 e. The van der Waals surface area contributed by atoms with Gasteiger partial charge in [-0.15, -0.1) is 0 Å². The zero-order valence-corrected chi connectivity index (χ0v) is 10.2. The Morgan fingerprint density at radius 2 is 2.12 bits per heavy atom. The standard InChI is InChI=1S/C14H21NO/c1-11-3-5-13(6-4-11)9-12(2)15-14-7-8-16-10-14/h3-6,12,14-15H,7-10H2,1-2H3. The molecule has 1 aliphatic rings. The molecule has 1 heterocycles. The molecule has 2 atom stereocenters. The van der Waals surface area contributed by atoms with Crippen molar-refractivity contribution in [2.75, 3.05) is 13.2 Å². The normalized spacial score (nSPS) is 22.2. The number of rotatable bonds is 4. The molecular weight excluding hydrogens is 198 g/mol. The molecule has 1 fully saturated rings. The second-order valence-corrected chi connectivity index (χ2v) is 4.82. The Morgan fingerprint density at radius 3 is 2.75 bits per heavy atom. The molecule has 1 N–H and O–H groups in total. The predicted octanol–water partition coefficient (Wildman–Crippen LogP) is 2.30. The quantitative estimate of drug-likeness (QED) is 0.839. The van der Waals surface area contributed by atoms with Crippen LogP contribution in [0.25, 0.3) is 0 Å². The second kappa shape index (κ2) is 5.46. The maximum absolute atomic E-state index is 5.36. The zero-order valence-electron chi connectivity index (χ0n) is 10.2. The first-order valence-corrected chi connectivity index (χ1v) is 6.13. The Labute approximate surface area is 98.0 Å². The van der Waals surface area contributed by atoms with Gasteiger partial charge in [0.05, 0.1) is 6.61 Å². The maximum atomic E-state index is 5.36. The van der Waals surface area contributed by atoms with E-state index in [-0.39, 0.29) is 0 Å². The number of ether oxygens (including phenoxy) is 1. The van der Waals surface area contributed by atoms with Crippen molar-refractivity contribution in [2.24, 2.45) is 0 Å². The van der Waals surface area contributed by atoms with Crippen molar-refractivity contribution in [1.29, 1.82) is 0 Å². The van der Waals surface area contributed by atoms with Crippen LogP contribution in [-0.2, 0) is 11.2 Å². The van der Waals surface area contributed by atoms with Crippen LogP contribution in [-0.4, -0.2) is 25.3 Å². The number of hydrogen-bond donors (Lipinski definition) is 1. The molecule has 0 amide bonds. The van der Waals surface area contributed by atoms with Crippen LogP contribution in [0.2, 0.25) is 0 Å². The van der Waals surface area contributed by atoms with E-state index in [9.17, 15) is 0 Å².